The van der Waals surface area contributed by atoms with E-state index in [0.717, 1.165) is 23.2 Å². The first-order chi connectivity index (χ1) is 16.5. The van der Waals surface area contributed by atoms with Gasteiger partial charge in [0.05, 0.1) is 17.1 Å². The molecule has 3 heterocycles. The van der Waals surface area contributed by atoms with Crippen molar-refractivity contribution in [1.82, 2.24) is 9.88 Å². The zero-order chi connectivity index (χ0) is 23.7. The van der Waals surface area contributed by atoms with Crippen LogP contribution in [-0.2, 0) is 0 Å². The van der Waals surface area contributed by atoms with Crippen LogP contribution in [0.5, 0.6) is 5.75 Å². The highest BCUT2D eigenvalue weighted by Crippen LogP contribution is 2.32. The quantitative estimate of drug-likeness (QED) is 0.377. The average Bonchev–Trinajstić information content (AvgIpc) is 3.52. The number of hydrogen-bond acceptors (Lipinski definition) is 6. The number of methoxy groups -OCH3 is 1. The van der Waals surface area contributed by atoms with Gasteiger partial charge in [0.25, 0.3) is 11.8 Å². The number of thiazole rings is 1. The molecule has 0 bridgehead atoms. The van der Waals surface area contributed by atoms with E-state index in [1.54, 1.807) is 29.6 Å². The molecule has 1 aliphatic rings. The molecule has 1 saturated heterocycles. The molecule has 0 saturated carbocycles. The maximum Gasteiger partial charge on any atom is 0.289 e. The van der Waals surface area contributed by atoms with Gasteiger partial charge in [-0.05, 0) is 43.2 Å². The number of likely N-dealkylation sites (tertiary alicyclic amines) is 1. The molecule has 174 valence electrons. The molecule has 0 unspecified atom stereocenters. The molecule has 1 fully saturated rings. The van der Waals surface area contributed by atoms with Crippen LogP contribution in [0.3, 0.4) is 0 Å². The highest BCUT2D eigenvalue weighted by atomic mass is 35.5. The second kappa shape index (κ2) is 9.48. The Kier molecular flexibility index (Phi) is 6.26. The first kappa shape index (κ1) is 22.4. The predicted octanol–water partition coefficient (Wildman–Crippen LogP) is 5.82. The summed E-state index contributed by atoms with van der Waals surface area (Å²) >= 11 is 7.61. The van der Waals surface area contributed by atoms with Gasteiger partial charge in [-0.25, -0.2) is 4.98 Å². The lowest BCUT2D eigenvalue weighted by atomic mass is 9.97. The molecule has 1 N–H and O–H groups in total. The summed E-state index contributed by atoms with van der Waals surface area (Å²) in [5.74, 6) is 0.738. The van der Waals surface area contributed by atoms with E-state index in [-0.39, 0.29) is 17.7 Å². The van der Waals surface area contributed by atoms with Gasteiger partial charge in [0.2, 0.25) is 0 Å². The van der Waals surface area contributed by atoms with Crippen LogP contribution in [-0.4, -0.2) is 41.9 Å². The highest BCUT2D eigenvalue weighted by molar-refractivity contribution is 7.10. The van der Waals surface area contributed by atoms with Crippen molar-refractivity contribution in [1.29, 1.82) is 0 Å². The molecular formula is C25H22ClN3O4S. The summed E-state index contributed by atoms with van der Waals surface area (Å²) in [7, 11) is 1.54. The van der Waals surface area contributed by atoms with Crippen LogP contribution in [0.4, 0.5) is 5.69 Å². The van der Waals surface area contributed by atoms with Gasteiger partial charge < -0.3 is 19.4 Å². The van der Waals surface area contributed by atoms with E-state index in [1.165, 1.54) is 18.4 Å². The molecule has 0 spiro atoms. The molecule has 1 aliphatic heterocycles. The zero-order valence-electron chi connectivity index (χ0n) is 18.4. The van der Waals surface area contributed by atoms with Crippen molar-refractivity contribution < 1.29 is 18.7 Å². The minimum Gasteiger partial charge on any atom is -0.495 e. The van der Waals surface area contributed by atoms with E-state index < -0.39 is 0 Å². The first-order valence-electron chi connectivity index (χ1n) is 10.9. The fraction of sp³-hybridized carbons (Fsp3) is 0.240. The van der Waals surface area contributed by atoms with Crippen LogP contribution in [0.25, 0.3) is 11.0 Å². The molecule has 34 heavy (non-hydrogen) atoms. The second-order valence-corrected chi connectivity index (χ2v) is 9.39. The van der Waals surface area contributed by atoms with Crippen molar-refractivity contribution in [3.05, 3.63) is 75.4 Å². The minimum atomic E-state index is -0.291. The lowest BCUT2D eigenvalue weighted by Crippen LogP contribution is -2.37. The number of carbonyl (C=O) groups excluding carboxylic acids is 2. The second-order valence-electron chi connectivity index (χ2n) is 8.09. The van der Waals surface area contributed by atoms with E-state index in [9.17, 15) is 9.59 Å². The minimum absolute atomic E-state index is 0.0907. The molecule has 2 amide bonds. The van der Waals surface area contributed by atoms with E-state index in [4.69, 9.17) is 20.8 Å². The smallest absolute Gasteiger partial charge is 0.289 e. The van der Waals surface area contributed by atoms with Gasteiger partial charge in [-0.2, -0.15) is 0 Å². The molecule has 4 aromatic rings. The largest absolute Gasteiger partial charge is 0.495 e. The van der Waals surface area contributed by atoms with Crippen molar-refractivity contribution in [2.24, 2.45) is 0 Å². The number of nitrogens with zero attached hydrogens (tertiary/aromatic N) is 2. The predicted molar refractivity (Wildman–Crippen MR) is 132 cm³/mol. The lowest BCUT2D eigenvalue weighted by molar-refractivity contribution is 0.0683. The van der Waals surface area contributed by atoms with Gasteiger partial charge in [-0.3, -0.25) is 9.59 Å². The number of nitrogens with one attached hydrogen (secondary N) is 1. The van der Waals surface area contributed by atoms with E-state index in [2.05, 4.69) is 10.3 Å². The maximum absolute atomic E-state index is 12.9. The van der Waals surface area contributed by atoms with Crippen molar-refractivity contribution >= 4 is 51.4 Å². The number of hydrogen-bond donors (Lipinski definition) is 1. The third kappa shape index (κ3) is 4.51. The monoisotopic (exact) mass is 495 g/mol. The van der Waals surface area contributed by atoms with Crippen molar-refractivity contribution in [3.63, 3.8) is 0 Å². The summed E-state index contributed by atoms with van der Waals surface area (Å²) in [4.78, 5) is 31.9. The number of furan rings is 1. The van der Waals surface area contributed by atoms with Crippen LogP contribution in [0, 0.1) is 0 Å². The Hall–Kier alpha value is -3.36. The number of ether oxygens (including phenoxy) is 1. The molecular weight excluding hydrogens is 474 g/mol. The van der Waals surface area contributed by atoms with Crippen molar-refractivity contribution in [2.45, 2.75) is 18.8 Å². The SMILES string of the molecule is COc1ccc(NC(=O)c2csc(C3CCN(C(=O)c4cc5ccccc5o4)CC3)n2)cc1Cl. The van der Waals surface area contributed by atoms with Crippen molar-refractivity contribution in [2.75, 3.05) is 25.5 Å². The number of halogens is 1. The molecule has 0 radical (unpaired) electrons. The van der Waals surface area contributed by atoms with E-state index in [0.29, 0.717) is 46.6 Å². The first-order valence-corrected chi connectivity index (χ1v) is 12.2. The summed E-state index contributed by atoms with van der Waals surface area (Å²) in [6.45, 7) is 1.23. The summed E-state index contributed by atoms with van der Waals surface area (Å²) < 4.78 is 10.9. The van der Waals surface area contributed by atoms with Gasteiger partial charge in [0.1, 0.15) is 17.0 Å². The standard InChI is InChI=1S/C25H22ClN3O4S/c1-32-21-7-6-17(13-18(21)26)27-23(30)19-14-34-24(28-19)15-8-10-29(11-9-15)25(31)22-12-16-4-2-3-5-20(16)33-22/h2-7,12-15H,8-11H2,1H3,(H,27,30). The Balaban J connectivity index is 1.19. The van der Waals surface area contributed by atoms with Gasteiger partial charge in [0, 0.05) is 35.5 Å². The molecule has 2 aromatic carbocycles. The van der Waals surface area contributed by atoms with Gasteiger partial charge >= 0.3 is 0 Å². The Morgan fingerprint density at radius 2 is 1.97 bits per heavy atom. The zero-order valence-corrected chi connectivity index (χ0v) is 20.0. The fourth-order valence-electron chi connectivity index (χ4n) is 4.09. The highest BCUT2D eigenvalue weighted by Gasteiger charge is 2.28. The Labute approximate surface area is 205 Å². The van der Waals surface area contributed by atoms with Gasteiger partial charge in [0.15, 0.2) is 5.76 Å². The lowest BCUT2D eigenvalue weighted by Gasteiger charge is -2.30. The molecule has 5 rings (SSSR count). The molecule has 9 heteroatoms. The summed E-state index contributed by atoms with van der Waals surface area (Å²) in [6, 6.07) is 14.5. The third-order valence-electron chi connectivity index (χ3n) is 5.93. The van der Waals surface area contributed by atoms with E-state index >= 15 is 0 Å². The Morgan fingerprint density at radius 1 is 1.18 bits per heavy atom. The molecule has 2 aromatic heterocycles. The number of aromatic nitrogens is 1. The van der Waals surface area contributed by atoms with Crippen molar-refractivity contribution in [3.8, 4) is 5.75 Å². The summed E-state index contributed by atoms with van der Waals surface area (Å²) in [5, 5.41) is 6.84. The average molecular weight is 496 g/mol. The Morgan fingerprint density at radius 3 is 2.71 bits per heavy atom. The number of anilines is 1. The van der Waals surface area contributed by atoms with E-state index in [1.807, 2.05) is 29.2 Å². The topological polar surface area (TPSA) is 84.7 Å². The number of carbonyl (C=O) groups is 2. The van der Waals surface area contributed by atoms with Crippen LogP contribution in [0.15, 0.2) is 58.3 Å². The number of rotatable bonds is 5. The van der Waals surface area contributed by atoms with Crippen LogP contribution < -0.4 is 10.1 Å². The van der Waals surface area contributed by atoms with Crippen LogP contribution >= 0.6 is 22.9 Å². The number of para-hydroxylation sites is 1. The number of amides is 2. The number of benzene rings is 2. The van der Waals surface area contributed by atoms with Crippen LogP contribution in [0.1, 0.15) is 44.8 Å². The molecule has 0 atom stereocenters. The molecule has 7 nitrogen and oxygen atoms in total. The third-order valence-corrected chi connectivity index (χ3v) is 7.23. The number of fused-ring (bicyclic) bond motifs is 1. The van der Waals surface area contributed by atoms with Gasteiger partial charge in [-0.1, -0.05) is 29.8 Å². The normalized spacial score (nSPS) is 14.4. The fourth-order valence-corrected chi connectivity index (χ4v) is 5.32. The summed E-state index contributed by atoms with van der Waals surface area (Å²) in [5.41, 5.74) is 1.65. The maximum atomic E-state index is 12.9. The molecule has 0 aliphatic carbocycles. The van der Waals surface area contributed by atoms with Gasteiger partial charge in [-0.15, -0.1) is 11.3 Å². The Bertz CT molecular complexity index is 1320. The number of piperidine rings is 1. The van der Waals surface area contributed by atoms with Crippen LogP contribution in [0.2, 0.25) is 5.02 Å². The summed E-state index contributed by atoms with van der Waals surface area (Å²) in [6.07, 6.45) is 1.57.